The third kappa shape index (κ3) is 8.76. The lowest BCUT2D eigenvalue weighted by atomic mass is 10.2. The van der Waals surface area contributed by atoms with Crippen LogP contribution in [-0.4, -0.2) is 35.0 Å². The van der Waals surface area contributed by atoms with Crippen LogP contribution in [0.3, 0.4) is 0 Å². The Bertz CT molecular complexity index is 1530. The highest BCUT2D eigenvalue weighted by atomic mass is 79.9. The highest BCUT2D eigenvalue weighted by Crippen LogP contribution is 2.33. The van der Waals surface area contributed by atoms with Crippen molar-refractivity contribution in [2.75, 3.05) is 17.7 Å². The van der Waals surface area contributed by atoms with Gasteiger partial charge in [0.1, 0.15) is 29.5 Å². The molecule has 0 amide bonds. The molecule has 198 valence electrons. The molecule has 3 N–H and O–H groups in total. The van der Waals surface area contributed by atoms with Crippen molar-refractivity contribution in [2.45, 2.75) is 5.75 Å². The molecule has 0 bridgehead atoms. The summed E-state index contributed by atoms with van der Waals surface area (Å²) in [5.74, 6) is -0.336. The molecular formula is C24H21BrFN5O6S. The Labute approximate surface area is 225 Å². The second-order valence-electron chi connectivity index (χ2n) is 7.52. The van der Waals surface area contributed by atoms with E-state index in [9.17, 15) is 22.9 Å². The minimum atomic E-state index is -3.88. The van der Waals surface area contributed by atoms with Gasteiger partial charge in [-0.3, -0.25) is 14.7 Å². The third-order valence-corrected chi connectivity index (χ3v) is 5.88. The molecular weight excluding hydrogens is 585 g/mol. The summed E-state index contributed by atoms with van der Waals surface area (Å²) in [5, 5.41) is 17.0. The number of nitro groups is 1. The maximum atomic E-state index is 13.8. The minimum absolute atomic E-state index is 0.109. The van der Waals surface area contributed by atoms with Crippen molar-refractivity contribution in [2.24, 2.45) is 0 Å². The van der Waals surface area contributed by atoms with E-state index < -0.39 is 26.5 Å². The summed E-state index contributed by atoms with van der Waals surface area (Å²) in [6, 6.07) is 19.6. The van der Waals surface area contributed by atoms with Crippen LogP contribution < -0.4 is 15.4 Å². The summed E-state index contributed by atoms with van der Waals surface area (Å²) in [4.78, 5) is 18.4. The standard InChI is InChI=1S/C17H13BrFN5O3.C7H8O3S/c1-27-15-6-12(19)14(24(25)26)7-13(15)23-17-8-16(20-9-21-17)22-11-4-2-3-10(18)5-11;8-11(9,10)6-7-4-2-1-3-5-7/h2-9H,1H3,(H2,20,21,22,23);1-5H,6H2,(H,8,9,10). The Morgan fingerprint density at radius 1 is 1.03 bits per heavy atom. The number of nitrogens with one attached hydrogen (secondary N) is 2. The second-order valence-corrected chi connectivity index (χ2v) is 9.89. The predicted molar refractivity (Wildman–Crippen MR) is 144 cm³/mol. The van der Waals surface area contributed by atoms with E-state index in [1.807, 2.05) is 24.3 Å². The lowest BCUT2D eigenvalue weighted by molar-refractivity contribution is -0.387. The van der Waals surface area contributed by atoms with Crippen LogP contribution in [0, 0.1) is 15.9 Å². The number of halogens is 2. The maximum absolute atomic E-state index is 13.8. The van der Waals surface area contributed by atoms with Gasteiger partial charge in [0.2, 0.25) is 5.82 Å². The molecule has 0 unspecified atom stereocenters. The molecule has 0 aliphatic carbocycles. The quantitative estimate of drug-likeness (QED) is 0.126. The molecule has 0 saturated heterocycles. The van der Waals surface area contributed by atoms with E-state index in [4.69, 9.17) is 9.29 Å². The lowest BCUT2D eigenvalue weighted by Crippen LogP contribution is -2.02. The van der Waals surface area contributed by atoms with Crippen molar-refractivity contribution < 1.29 is 27.0 Å². The molecule has 38 heavy (non-hydrogen) atoms. The van der Waals surface area contributed by atoms with Gasteiger partial charge in [-0.15, -0.1) is 0 Å². The Hall–Kier alpha value is -4.14. The average molecular weight is 606 g/mol. The van der Waals surface area contributed by atoms with Crippen molar-refractivity contribution in [1.82, 2.24) is 9.97 Å². The molecule has 1 aromatic heterocycles. The van der Waals surface area contributed by atoms with Gasteiger partial charge in [-0.05, 0) is 23.8 Å². The molecule has 0 radical (unpaired) electrons. The Kier molecular flexibility index (Phi) is 9.65. The van der Waals surface area contributed by atoms with Gasteiger partial charge in [0.05, 0.1) is 17.7 Å². The van der Waals surface area contributed by atoms with E-state index in [1.54, 1.807) is 36.4 Å². The van der Waals surface area contributed by atoms with E-state index in [-0.39, 0.29) is 17.2 Å². The van der Waals surface area contributed by atoms with Gasteiger partial charge >= 0.3 is 5.69 Å². The highest BCUT2D eigenvalue weighted by molar-refractivity contribution is 9.10. The number of ether oxygens (including phenoxy) is 1. The van der Waals surface area contributed by atoms with E-state index >= 15 is 0 Å². The molecule has 0 fully saturated rings. The number of anilines is 4. The number of nitro benzene ring substituents is 1. The molecule has 14 heteroatoms. The minimum Gasteiger partial charge on any atom is -0.494 e. The van der Waals surface area contributed by atoms with Gasteiger partial charge in [-0.1, -0.05) is 52.3 Å². The summed E-state index contributed by atoms with van der Waals surface area (Å²) >= 11 is 3.39. The number of rotatable bonds is 8. The largest absolute Gasteiger partial charge is 0.494 e. The molecule has 3 aromatic carbocycles. The van der Waals surface area contributed by atoms with Crippen LogP contribution in [0.1, 0.15) is 5.56 Å². The number of nitrogens with zero attached hydrogens (tertiary/aromatic N) is 3. The number of methoxy groups -OCH3 is 1. The van der Waals surface area contributed by atoms with Gasteiger partial charge in [0.25, 0.3) is 10.1 Å². The van der Waals surface area contributed by atoms with Gasteiger partial charge in [0.15, 0.2) is 0 Å². The van der Waals surface area contributed by atoms with Gasteiger partial charge in [0, 0.05) is 28.4 Å². The summed E-state index contributed by atoms with van der Waals surface area (Å²) in [6.07, 6.45) is 1.33. The summed E-state index contributed by atoms with van der Waals surface area (Å²) in [7, 11) is -2.54. The molecule has 0 atom stereocenters. The molecule has 1 heterocycles. The van der Waals surface area contributed by atoms with Crippen LogP contribution in [0.2, 0.25) is 0 Å². The number of hydrogen-bond acceptors (Lipinski definition) is 9. The predicted octanol–water partition coefficient (Wildman–Crippen LogP) is 5.86. The smallest absolute Gasteiger partial charge is 0.307 e. The summed E-state index contributed by atoms with van der Waals surface area (Å²) in [5.41, 5.74) is 0.941. The maximum Gasteiger partial charge on any atom is 0.307 e. The van der Waals surface area contributed by atoms with Gasteiger partial charge in [-0.2, -0.15) is 12.8 Å². The van der Waals surface area contributed by atoms with Gasteiger partial charge < -0.3 is 15.4 Å². The first-order chi connectivity index (χ1) is 18.0. The topological polar surface area (TPSA) is 157 Å². The molecule has 0 aliphatic heterocycles. The fraction of sp³-hybridized carbons (Fsp3) is 0.0833. The third-order valence-electron chi connectivity index (χ3n) is 4.68. The first-order valence-corrected chi connectivity index (χ1v) is 13.1. The zero-order chi connectivity index (χ0) is 27.7. The Morgan fingerprint density at radius 2 is 1.71 bits per heavy atom. The zero-order valence-corrected chi connectivity index (χ0v) is 22.1. The van der Waals surface area contributed by atoms with E-state index in [1.165, 1.54) is 13.4 Å². The Balaban J connectivity index is 0.000000304. The van der Waals surface area contributed by atoms with Crippen LogP contribution >= 0.6 is 15.9 Å². The molecule has 4 aromatic rings. The first kappa shape index (κ1) is 28.4. The SMILES string of the molecule is COc1cc(F)c([N+](=O)[O-])cc1Nc1cc(Nc2cccc(Br)c2)ncn1.O=S(=O)(O)Cc1ccccc1. The van der Waals surface area contributed by atoms with Crippen LogP contribution in [0.25, 0.3) is 0 Å². The van der Waals surface area contributed by atoms with E-state index in [0.29, 0.717) is 17.2 Å². The van der Waals surface area contributed by atoms with E-state index in [2.05, 4.69) is 36.5 Å². The Morgan fingerprint density at radius 3 is 2.32 bits per heavy atom. The van der Waals surface area contributed by atoms with Crippen molar-refractivity contribution in [1.29, 1.82) is 0 Å². The summed E-state index contributed by atoms with van der Waals surface area (Å²) in [6.45, 7) is 0. The van der Waals surface area contributed by atoms with Crippen molar-refractivity contribution in [3.05, 3.63) is 105 Å². The molecule has 0 spiro atoms. The average Bonchev–Trinajstić information content (AvgIpc) is 2.85. The number of benzene rings is 3. The fourth-order valence-corrected chi connectivity index (χ4v) is 4.09. The van der Waals surface area contributed by atoms with E-state index in [0.717, 1.165) is 22.3 Å². The number of aromatic nitrogens is 2. The van der Waals surface area contributed by atoms with Crippen LogP contribution in [0.15, 0.2) is 83.6 Å². The fourth-order valence-electron chi connectivity index (χ4n) is 3.08. The molecule has 4 rings (SSSR count). The van der Waals surface area contributed by atoms with Crippen LogP contribution in [0.5, 0.6) is 5.75 Å². The molecule has 0 saturated carbocycles. The molecule has 0 aliphatic rings. The first-order valence-electron chi connectivity index (χ1n) is 10.7. The lowest BCUT2D eigenvalue weighted by Gasteiger charge is -2.12. The highest BCUT2D eigenvalue weighted by Gasteiger charge is 2.19. The zero-order valence-electron chi connectivity index (χ0n) is 19.7. The van der Waals surface area contributed by atoms with Crippen LogP contribution in [0.4, 0.5) is 33.1 Å². The van der Waals surface area contributed by atoms with Crippen molar-refractivity contribution in [3.63, 3.8) is 0 Å². The monoisotopic (exact) mass is 605 g/mol. The normalized spacial score (nSPS) is 10.6. The van der Waals surface area contributed by atoms with Crippen LogP contribution in [-0.2, 0) is 15.9 Å². The molecule has 11 nitrogen and oxygen atoms in total. The summed E-state index contributed by atoms with van der Waals surface area (Å²) < 4.78 is 48.9. The number of hydrogen-bond donors (Lipinski definition) is 3. The van der Waals surface area contributed by atoms with Crippen molar-refractivity contribution in [3.8, 4) is 5.75 Å². The second kappa shape index (κ2) is 12.9. The van der Waals surface area contributed by atoms with Gasteiger partial charge in [-0.25, -0.2) is 9.97 Å². The van der Waals surface area contributed by atoms with Crippen molar-refractivity contribution >= 4 is 54.7 Å².